The van der Waals surface area contributed by atoms with Crippen molar-refractivity contribution in [2.45, 2.75) is 18.9 Å². The zero-order chi connectivity index (χ0) is 20.3. The zero-order valence-corrected chi connectivity index (χ0v) is 16.9. The van der Waals surface area contributed by atoms with Gasteiger partial charge in [-0.3, -0.25) is 4.98 Å². The summed E-state index contributed by atoms with van der Waals surface area (Å²) in [6.45, 7) is 1.90. The van der Waals surface area contributed by atoms with Crippen LogP contribution in [0.3, 0.4) is 0 Å². The average Bonchev–Trinajstić information content (AvgIpc) is 3.23. The maximum atomic E-state index is 6.06. The van der Waals surface area contributed by atoms with Gasteiger partial charge in [-0.05, 0) is 54.8 Å². The Morgan fingerprint density at radius 3 is 2.87 bits per heavy atom. The summed E-state index contributed by atoms with van der Waals surface area (Å²) in [5.41, 5.74) is 5.09. The molecule has 3 heterocycles. The van der Waals surface area contributed by atoms with Crippen LogP contribution in [0.2, 0.25) is 0 Å². The van der Waals surface area contributed by atoms with Crippen LogP contribution in [0, 0.1) is 0 Å². The highest BCUT2D eigenvalue weighted by Crippen LogP contribution is 2.32. The summed E-state index contributed by atoms with van der Waals surface area (Å²) >= 11 is 0. The Bertz CT molecular complexity index is 1160. The van der Waals surface area contributed by atoms with Crippen LogP contribution in [-0.4, -0.2) is 41.3 Å². The normalized spacial score (nSPS) is 16.5. The first kappa shape index (κ1) is 18.6. The number of methoxy groups -OCH3 is 1. The molecule has 1 fully saturated rings. The molecule has 1 atom stereocenters. The van der Waals surface area contributed by atoms with Crippen LogP contribution >= 0.6 is 0 Å². The summed E-state index contributed by atoms with van der Waals surface area (Å²) in [5.74, 6) is 1.41. The molecule has 1 aliphatic rings. The number of nitrogens with one attached hydrogen (secondary N) is 2. The first-order valence-corrected chi connectivity index (χ1v) is 10.3. The predicted molar refractivity (Wildman–Crippen MR) is 118 cm³/mol. The van der Waals surface area contributed by atoms with E-state index in [1.165, 1.54) is 0 Å². The van der Waals surface area contributed by atoms with Gasteiger partial charge < -0.3 is 19.8 Å². The fraction of sp³-hybridized carbons (Fsp3) is 0.250. The monoisotopic (exact) mass is 400 g/mol. The lowest BCUT2D eigenvalue weighted by Crippen LogP contribution is -2.37. The Morgan fingerprint density at radius 2 is 2.00 bits per heavy atom. The third kappa shape index (κ3) is 3.74. The van der Waals surface area contributed by atoms with E-state index in [0.717, 1.165) is 65.0 Å². The molecule has 152 valence electrons. The minimum atomic E-state index is 0.144. The lowest BCUT2D eigenvalue weighted by Gasteiger charge is -2.23. The molecular weight excluding hydrogens is 376 g/mol. The number of ether oxygens (including phenoxy) is 2. The number of aromatic nitrogens is 3. The summed E-state index contributed by atoms with van der Waals surface area (Å²) in [4.78, 5) is 12.5. The lowest BCUT2D eigenvalue weighted by molar-refractivity contribution is 0.160. The molecule has 6 nitrogen and oxygen atoms in total. The van der Waals surface area contributed by atoms with Gasteiger partial charge in [0.05, 0.1) is 25.2 Å². The first-order chi connectivity index (χ1) is 14.8. The van der Waals surface area contributed by atoms with E-state index < -0.39 is 0 Å². The van der Waals surface area contributed by atoms with Gasteiger partial charge in [-0.2, -0.15) is 0 Å². The van der Waals surface area contributed by atoms with Crippen molar-refractivity contribution in [2.75, 3.05) is 20.2 Å². The highest BCUT2D eigenvalue weighted by atomic mass is 16.5. The molecule has 0 aliphatic carbocycles. The van der Waals surface area contributed by atoms with Crippen molar-refractivity contribution in [3.8, 4) is 34.0 Å². The van der Waals surface area contributed by atoms with Crippen molar-refractivity contribution < 1.29 is 9.47 Å². The van der Waals surface area contributed by atoms with E-state index in [1.807, 2.05) is 24.4 Å². The minimum Gasteiger partial charge on any atom is -0.497 e. The predicted octanol–water partition coefficient (Wildman–Crippen LogP) is 4.43. The number of fused-ring (bicyclic) bond motifs is 1. The van der Waals surface area contributed by atoms with Crippen molar-refractivity contribution in [2.24, 2.45) is 0 Å². The molecule has 1 saturated heterocycles. The van der Waals surface area contributed by atoms with Crippen LogP contribution in [0.15, 0.2) is 61.1 Å². The van der Waals surface area contributed by atoms with Crippen molar-refractivity contribution in [3.63, 3.8) is 0 Å². The molecular formula is C24H24N4O2. The molecule has 0 spiro atoms. The van der Waals surface area contributed by atoms with Crippen LogP contribution in [-0.2, 0) is 0 Å². The fourth-order valence-electron chi connectivity index (χ4n) is 3.94. The summed E-state index contributed by atoms with van der Waals surface area (Å²) in [7, 11) is 1.68. The number of piperidine rings is 1. The van der Waals surface area contributed by atoms with E-state index in [1.54, 1.807) is 19.5 Å². The Labute approximate surface area is 175 Å². The Morgan fingerprint density at radius 1 is 1.07 bits per heavy atom. The molecule has 0 unspecified atom stereocenters. The van der Waals surface area contributed by atoms with Crippen LogP contribution < -0.4 is 14.8 Å². The SMILES string of the molecule is COc1cccc(-c2ccc3[nH]cc(-c4cncc(O[C@@H]5CCCNC5)n4)c3c2)c1. The van der Waals surface area contributed by atoms with E-state index >= 15 is 0 Å². The van der Waals surface area contributed by atoms with Crippen LogP contribution in [0.1, 0.15) is 12.8 Å². The number of benzene rings is 2. The largest absolute Gasteiger partial charge is 0.497 e. The minimum absolute atomic E-state index is 0.144. The second kappa shape index (κ2) is 8.16. The van der Waals surface area contributed by atoms with Gasteiger partial charge in [0.2, 0.25) is 5.88 Å². The third-order valence-corrected chi connectivity index (χ3v) is 5.51. The molecule has 4 aromatic rings. The molecule has 2 aromatic heterocycles. The molecule has 6 heteroatoms. The Kier molecular flexibility index (Phi) is 5.07. The van der Waals surface area contributed by atoms with Gasteiger partial charge >= 0.3 is 0 Å². The van der Waals surface area contributed by atoms with E-state index in [9.17, 15) is 0 Å². The maximum absolute atomic E-state index is 6.06. The van der Waals surface area contributed by atoms with Gasteiger partial charge in [-0.15, -0.1) is 0 Å². The first-order valence-electron chi connectivity index (χ1n) is 10.3. The lowest BCUT2D eigenvalue weighted by atomic mass is 10.0. The van der Waals surface area contributed by atoms with Crippen LogP contribution in [0.25, 0.3) is 33.3 Å². The highest BCUT2D eigenvalue weighted by molar-refractivity contribution is 5.97. The molecule has 0 bridgehead atoms. The van der Waals surface area contributed by atoms with E-state index in [4.69, 9.17) is 14.5 Å². The Balaban J connectivity index is 1.49. The smallest absolute Gasteiger partial charge is 0.233 e. The zero-order valence-electron chi connectivity index (χ0n) is 16.9. The number of hydrogen-bond acceptors (Lipinski definition) is 5. The quantitative estimate of drug-likeness (QED) is 0.518. The van der Waals surface area contributed by atoms with Crippen molar-refractivity contribution >= 4 is 10.9 Å². The number of hydrogen-bond donors (Lipinski definition) is 2. The number of nitrogens with zero attached hydrogens (tertiary/aromatic N) is 2. The summed E-state index contributed by atoms with van der Waals surface area (Å²) < 4.78 is 11.4. The molecule has 0 radical (unpaired) electrons. The standard InChI is InChI=1S/C24H24N4O2/c1-29-18-5-2-4-16(10-18)17-7-8-22-20(11-17)21(13-27-22)23-14-26-15-24(28-23)30-19-6-3-9-25-12-19/h2,4-5,7-8,10-11,13-15,19,25,27H,3,6,9,12H2,1H3/t19-/m1/s1. The molecule has 1 aliphatic heterocycles. The van der Waals surface area contributed by atoms with E-state index in [0.29, 0.717) is 5.88 Å². The van der Waals surface area contributed by atoms with Crippen molar-refractivity contribution in [3.05, 3.63) is 61.1 Å². The molecule has 2 aromatic carbocycles. The van der Waals surface area contributed by atoms with Gasteiger partial charge in [-0.1, -0.05) is 18.2 Å². The Hall–Kier alpha value is -3.38. The number of aromatic amines is 1. The molecule has 30 heavy (non-hydrogen) atoms. The highest BCUT2D eigenvalue weighted by Gasteiger charge is 2.16. The summed E-state index contributed by atoms with van der Waals surface area (Å²) in [6, 6.07) is 14.5. The van der Waals surface area contributed by atoms with Crippen LogP contribution in [0.5, 0.6) is 11.6 Å². The summed E-state index contributed by atoms with van der Waals surface area (Å²) in [6.07, 6.45) is 7.76. The average molecular weight is 400 g/mol. The van der Waals surface area contributed by atoms with Gasteiger partial charge in [0.15, 0.2) is 0 Å². The third-order valence-electron chi connectivity index (χ3n) is 5.51. The molecule has 5 rings (SSSR count). The van der Waals surface area contributed by atoms with Crippen molar-refractivity contribution in [1.82, 2.24) is 20.3 Å². The van der Waals surface area contributed by atoms with E-state index in [2.05, 4.69) is 39.6 Å². The van der Waals surface area contributed by atoms with Gasteiger partial charge in [0, 0.05) is 29.2 Å². The van der Waals surface area contributed by atoms with Gasteiger partial charge in [0.25, 0.3) is 0 Å². The second-order valence-electron chi connectivity index (χ2n) is 7.52. The fourth-order valence-corrected chi connectivity index (χ4v) is 3.94. The molecule has 0 amide bonds. The van der Waals surface area contributed by atoms with E-state index in [-0.39, 0.29) is 6.10 Å². The molecule has 0 saturated carbocycles. The topological polar surface area (TPSA) is 72.1 Å². The van der Waals surface area contributed by atoms with Gasteiger partial charge in [-0.25, -0.2) is 4.98 Å². The van der Waals surface area contributed by atoms with Crippen LogP contribution in [0.4, 0.5) is 0 Å². The van der Waals surface area contributed by atoms with Crippen molar-refractivity contribution in [1.29, 1.82) is 0 Å². The number of H-pyrrole nitrogens is 1. The molecule has 2 N–H and O–H groups in total. The second-order valence-corrected chi connectivity index (χ2v) is 7.52. The maximum Gasteiger partial charge on any atom is 0.233 e. The summed E-state index contributed by atoms with van der Waals surface area (Å²) in [5, 5.41) is 4.46. The number of rotatable bonds is 5. The van der Waals surface area contributed by atoms with Gasteiger partial charge in [0.1, 0.15) is 11.9 Å².